The second kappa shape index (κ2) is 13.5. The molecule has 1 amide bonds. The molecule has 216 valence electrons. The largest absolute Gasteiger partial charge is 0.490 e. The zero-order valence-corrected chi connectivity index (χ0v) is 24.8. The highest BCUT2D eigenvalue weighted by Crippen LogP contribution is 2.30. The first-order chi connectivity index (χ1) is 20.1. The molecule has 0 aromatic heterocycles. The van der Waals surface area contributed by atoms with Gasteiger partial charge in [0, 0.05) is 16.3 Å². The van der Waals surface area contributed by atoms with E-state index in [0.717, 1.165) is 5.56 Å². The third kappa shape index (κ3) is 7.88. The van der Waals surface area contributed by atoms with Gasteiger partial charge in [-0.3, -0.25) is 9.52 Å². The van der Waals surface area contributed by atoms with E-state index in [2.05, 4.69) is 15.2 Å². The van der Waals surface area contributed by atoms with Gasteiger partial charge in [-0.25, -0.2) is 18.6 Å². The number of hydrogen-bond donors (Lipinski definition) is 2. The number of rotatable bonds is 10. The Morgan fingerprint density at radius 3 is 2.29 bits per heavy atom. The lowest BCUT2D eigenvalue weighted by molar-refractivity contribution is 0.0728. The lowest BCUT2D eigenvalue weighted by Crippen LogP contribution is -2.18. The molecule has 0 spiro atoms. The zero-order chi connectivity index (χ0) is 30.3. The summed E-state index contributed by atoms with van der Waals surface area (Å²) in [5.74, 6) is -0.725. The highest BCUT2D eigenvalue weighted by Gasteiger charge is 2.17. The highest BCUT2D eigenvalue weighted by molar-refractivity contribution is 7.92. The maximum atomic E-state index is 12.6. The molecular formula is C30H25Cl2N3O6S. The Morgan fingerprint density at radius 1 is 0.905 bits per heavy atom. The Balaban J connectivity index is 1.38. The fourth-order valence-corrected chi connectivity index (χ4v) is 5.16. The van der Waals surface area contributed by atoms with E-state index in [0.29, 0.717) is 22.9 Å². The first-order valence-electron chi connectivity index (χ1n) is 12.5. The summed E-state index contributed by atoms with van der Waals surface area (Å²) in [6, 6.07) is 21.6. The van der Waals surface area contributed by atoms with Crippen molar-refractivity contribution >= 4 is 57.0 Å². The molecule has 0 radical (unpaired) electrons. The molecular weight excluding hydrogens is 601 g/mol. The molecule has 0 atom stereocenters. The minimum absolute atomic E-state index is 0.133. The van der Waals surface area contributed by atoms with Crippen molar-refractivity contribution in [3.63, 3.8) is 0 Å². The first kappa shape index (κ1) is 30.6. The lowest BCUT2D eigenvalue weighted by Gasteiger charge is -2.12. The van der Waals surface area contributed by atoms with Gasteiger partial charge in [0.05, 0.1) is 28.3 Å². The second-order valence-corrected chi connectivity index (χ2v) is 11.4. The summed E-state index contributed by atoms with van der Waals surface area (Å²) in [5, 5.41) is 4.52. The first-order valence-corrected chi connectivity index (χ1v) is 14.8. The normalized spacial score (nSPS) is 11.2. The number of anilines is 1. The van der Waals surface area contributed by atoms with Crippen LogP contribution in [-0.4, -0.2) is 33.1 Å². The van der Waals surface area contributed by atoms with Crippen LogP contribution >= 0.6 is 23.2 Å². The van der Waals surface area contributed by atoms with Crippen LogP contribution < -0.4 is 19.6 Å². The summed E-state index contributed by atoms with van der Waals surface area (Å²) in [6.07, 6.45) is 1.39. The molecule has 0 fully saturated rings. The zero-order valence-electron chi connectivity index (χ0n) is 22.4. The van der Waals surface area contributed by atoms with Gasteiger partial charge in [0.15, 0.2) is 11.5 Å². The molecule has 0 saturated heterocycles. The maximum Gasteiger partial charge on any atom is 0.345 e. The number of halogens is 2. The van der Waals surface area contributed by atoms with Crippen molar-refractivity contribution in [2.45, 2.75) is 18.7 Å². The van der Waals surface area contributed by atoms with Crippen LogP contribution in [-0.2, 0) is 10.0 Å². The molecule has 0 heterocycles. The summed E-state index contributed by atoms with van der Waals surface area (Å²) in [7, 11) is -3.77. The molecule has 0 saturated carbocycles. The molecule has 0 aliphatic rings. The van der Waals surface area contributed by atoms with Crippen molar-refractivity contribution in [3.05, 3.63) is 117 Å². The van der Waals surface area contributed by atoms with E-state index in [-0.39, 0.29) is 32.5 Å². The smallest absolute Gasteiger partial charge is 0.345 e. The molecule has 0 aliphatic carbocycles. The summed E-state index contributed by atoms with van der Waals surface area (Å²) in [4.78, 5) is 25.3. The van der Waals surface area contributed by atoms with E-state index < -0.39 is 21.9 Å². The van der Waals surface area contributed by atoms with Gasteiger partial charge in [0.25, 0.3) is 15.9 Å². The summed E-state index contributed by atoms with van der Waals surface area (Å²) >= 11 is 12.0. The van der Waals surface area contributed by atoms with Gasteiger partial charge in [-0.1, -0.05) is 40.9 Å². The number of carbonyl (C=O) groups excluding carboxylic acids is 2. The van der Waals surface area contributed by atoms with Crippen LogP contribution in [0.15, 0.2) is 94.9 Å². The van der Waals surface area contributed by atoms with Crippen molar-refractivity contribution in [3.8, 4) is 11.5 Å². The lowest BCUT2D eigenvalue weighted by atomic mass is 10.2. The van der Waals surface area contributed by atoms with Gasteiger partial charge < -0.3 is 9.47 Å². The van der Waals surface area contributed by atoms with E-state index in [1.807, 2.05) is 6.92 Å². The number of nitrogens with zero attached hydrogens (tertiary/aromatic N) is 1. The van der Waals surface area contributed by atoms with Gasteiger partial charge in [0.1, 0.15) is 0 Å². The van der Waals surface area contributed by atoms with Gasteiger partial charge >= 0.3 is 5.97 Å². The number of aryl methyl sites for hydroxylation is 1. The molecule has 4 aromatic carbocycles. The fourth-order valence-electron chi connectivity index (χ4n) is 3.62. The van der Waals surface area contributed by atoms with Crippen LogP contribution in [0, 0.1) is 6.92 Å². The van der Waals surface area contributed by atoms with Gasteiger partial charge in [-0.15, -0.1) is 0 Å². The molecule has 12 heteroatoms. The predicted octanol–water partition coefficient (Wildman–Crippen LogP) is 6.48. The number of hydrogen-bond acceptors (Lipinski definition) is 7. The van der Waals surface area contributed by atoms with E-state index in [9.17, 15) is 18.0 Å². The topological polar surface area (TPSA) is 123 Å². The third-order valence-corrected chi connectivity index (χ3v) is 7.68. The standard InChI is InChI=1S/C30H25Cl2N3O6S/c1-3-40-28-16-20(6-15-27(28)41-30(37)25-14-9-22(31)17-26(25)32)18-33-34-29(36)21-7-10-23(11-8-21)35-42(38,39)24-12-4-19(2)5-13-24/h4-18,35H,3H2,1-2H3,(H,34,36)/b33-18-. The van der Waals surface area contributed by atoms with E-state index in [1.165, 1.54) is 66.9 Å². The summed E-state index contributed by atoms with van der Waals surface area (Å²) in [6.45, 7) is 3.95. The van der Waals surface area contributed by atoms with Crippen molar-refractivity contribution in [2.75, 3.05) is 11.3 Å². The Morgan fingerprint density at radius 2 is 1.62 bits per heavy atom. The number of carbonyl (C=O) groups is 2. The average Bonchev–Trinajstić information content (AvgIpc) is 2.95. The van der Waals surface area contributed by atoms with Crippen molar-refractivity contribution in [2.24, 2.45) is 5.10 Å². The molecule has 0 aliphatic heterocycles. The molecule has 4 rings (SSSR count). The molecule has 2 N–H and O–H groups in total. The van der Waals surface area contributed by atoms with Crippen LogP contribution in [0.4, 0.5) is 5.69 Å². The monoisotopic (exact) mass is 625 g/mol. The van der Waals surface area contributed by atoms with Crippen molar-refractivity contribution in [1.29, 1.82) is 0 Å². The number of ether oxygens (including phenoxy) is 2. The Kier molecular flexibility index (Phi) is 9.84. The number of amides is 1. The molecule has 0 bridgehead atoms. The third-order valence-electron chi connectivity index (χ3n) is 5.73. The molecule has 4 aromatic rings. The second-order valence-electron chi connectivity index (χ2n) is 8.85. The molecule has 0 unspecified atom stereocenters. The van der Waals surface area contributed by atoms with Crippen molar-refractivity contribution < 1.29 is 27.5 Å². The summed E-state index contributed by atoms with van der Waals surface area (Å²) in [5.41, 5.74) is 4.64. The minimum Gasteiger partial charge on any atom is -0.490 e. The number of hydrazone groups is 1. The fraction of sp³-hybridized carbons (Fsp3) is 0.100. The predicted molar refractivity (Wildman–Crippen MR) is 163 cm³/mol. The molecule has 9 nitrogen and oxygen atoms in total. The number of sulfonamides is 1. The quantitative estimate of drug-likeness (QED) is 0.0899. The molecule has 42 heavy (non-hydrogen) atoms. The van der Waals surface area contributed by atoms with Crippen LogP contribution in [0.5, 0.6) is 11.5 Å². The highest BCUT2D eigenvalue weighted by atomic mass is 35.5. The Bertz CT molecular complexity index is 1740. The van der Waals surface area contributed by atoms with Crippen molar-refractivity contribution in [1.82, 2.24) is 5.43 Å². The maximum absolute atomic E-state index is 12.6. The van der Waals surface area contributed by atoms with Crippen LogP contribution in [0.1, 0.15) is 38.8 Å². The Hall–Kier alpha value is -4.38. The van der Waals surface area contributed by atoms with Crippen LogP contribution in [0.2, 0.25) is 10.0 Å². The van der Waals surface area contributed by atoms with Gasteiger partial charge in [-0.2, -0.15) is 5.10 Å². The van der Waals surface area contributed by atoms with Crippen LogP contribution in [0.25, 0.3) is 0 Å². The number of nitrogens with one attached hydrogen (secondary N) is 2. The van der Waals surface area contributed by atoms with Crippen LogP contribution in [0.3, 0.4) is 0 Å². The number of esters is 1. The van der Waals surface area contributed by atoms with E-state index >= 15 is 0 Å². The number of benzene rings is 4. The van der Waals surface area contributed by atoms with E-state index in [1.54, 1.807) is 31.2 Å². The SMILES string of the molecule is CCOc1cc(/C=N\NC(=O)c2ccc(NS(=O)(=O)c3ccc(C)cc3)cc2)ccc1OC(=O)c1ccc(Cl)cc1Cl. The average molecular weight is 627 g/mol. The summed E-state index contributed by atoms with van der Waals surface area (Å²) < 4.78 is 38.7. The van der Waals surface area contributed by atoms with Gasteiger partial charge in [-0.05, 0) is 92.2 Å². The van der Waals surface area contributed by atoms with Gasteiger partial charge in [0.2, 0.25) is 0 Å². The Labute approximate surface area is 253 Å². The minimum atomic E-state index is -3.77. The van der Waals surface area contributed by atoms with E-state index in [4.69, 9.17) is 32.7 Å².